The summed E-state index contributed by atoms with van der Waals surface area (Å²) in [7, 11) is 0. The highest BCUT2D eigenvalue weighted by atomic mass is 32.1. The summed E-state index contributed by atoms with van der Waals surface area (Å²) in [5.41, 5.74) is 1.21. The molecule has 1 amide bonds. The number of carbonyl (C=O) groups excluding carboxylic acids is 1. The Bertz CT molecular complexity index is 1020. The van der Waals surface area contributed by atoms with Crippen molar-refractivity contribution in [2.45, 2.75) is 6.54 Å². The molecule has 0 aliphatic rings. The fraction of sp³-hybridized carbons (Fsp3) is 0.0526. The summed E-state index contributed by atoms with van der Waals surface area (Å²) >= 11 is 1.55. The lowest BCUT2D eigenvalue weighted by molar-refractivity contribution is 0.0947. The first-order valence-corrected chi connectivity index (χ1v) is 8.49. The Balaban J connectivity index is 1.47. The van der Waals surface area contributed by atoms with Crippen molar-refractivity contribution in [1.29, 1.82) is 0 Å². The Kier molecular flexibility index (Phi) is 4.03. The van der Waals surface area contributed by atoms with E-state index in [1.807, 2.05) is 30.3 Å². The number of fused-ring (bicyclic) bond motifs is 1. The smallest absolute Gasteiger partial charge is 0.251 e. The number of nitrogens with zero attached hydrogens (tertiary/aromatic N) is 1. The van der Waals surface area contributed by atoms with E-state index in [1.165, 1.54) is 18.2 Å². The van der Waals surface area contributed by atoms with Crippen LogP contribution in [0.3, 0.4) is 0 Å². The Morgan fingerprint density at radius 2 is 2.00 bits per heavy atom. The molecule has 0 radical (unpaired) electrons. The van der Waals surface area contributed by atoms with Crippen molar-refractivity contribution in [3.8, 4) is 10.8 Å². The second-order valence-electron chi connectivity index (χ2n) is 5.45. The van der Waals surface area contributed by atoms with Crippen molar-refractivity contribution in [3.05, 3.63) is 77.8 Å². The molecular formula is C19H13FN2O2S. The first kappa shape index (κ1) is 15.5. The topological polar surface area (TPSA) is 55.1 Å². The van der Waals surface area contributed by atoms with Crippen LogP contribution >= 0.6 is 11.3 Å². The summed E-state index contributed by atoms with van der Waals surface area (Å²) in [5.74, 6) is 0.483. The van der Waals surface area contributed by atoms with Crippen LogP contribution < -0.4 is 5.32 Å². The third kappa shape index (κ3) is 3.29. The molecule has 0 aliphatic carbocycles. The molecule has 6 heteroatoms. The number of rotatable bonds is 4. The summed E-state index contributed by atoms with van der Waals surface area (Å²) < 4.78 is 20.0. The highest BCUT2D eigenvalue weighted by Gasteiger charge is 2.12. The van der Waals surface area contributed by atoms with Crippen LogP contribution in [0.1, 0.15) is 16.1 Å². The van der Waals surface area contributed by atoms with Gasteiger partial charge in [-0.2, -0.15) is 0 Å². The van der Waals surface area contributed by atoms with Gasteiger partial charge in [-0.3, -0.25) is 4.79 Å². The van der Waals surface area contributed by atoms with Crippen LogP contribution in [0.5, 0.6) is 0 Å². The maximum atomic E-state index is 13.2. The minimum atomic E-state index is -0.441. The van der Waals surface area contributed by atoms with E-state index in [-0.39, 0.29) is 18.0 Å². The summed E-state index contributed by atoms with van der Waals surface area (Å²) in [6.07, 6.45) is 0. The minimum Gasteiger partial charge on any atom is -0.457 e. The SMILES string of the molecule is O=C(NCc1ccc(-c2nc3ccccc3s2)o1)c1cccc(F)c1. The lowest BCUT2D eigenvalue weighted by Crippen LogP contribution is -2.22. The highest BCUT2D eigenvalue weighted by molar-refractivity contribution is 7.21. The number of halogens is 1. The molecule has 0 saturated carbocycles. The van der Waals surface area contributed by atoms with Gasteiger partial charge in [-0.15, -0.1) is 11.3 Å². The number of hydrogen-bond donors (Lipinski definition) is 1. The van der Waals surface area contributed by atoms with Gasteiger partial charge in [0.05, 0.1) is 16.8 Å². The molecule has 1 N–H and O–H groups in total. The number of thiazole rings is 1. The van der Waals surface area contributed by atoms with Gasteiger partial charge in [0.15, 0.2) is 10.8 Å². The number of carbonyl (C=O) groups is 1. The number of amides is 1. The molecule has 0 bridgehead atoms. The van der Waals surface area contributed by atoms with Crippen LogP contribution in [0.25, 0.3) is 21.0 Å². The van der Waals surface area contributed by atoms with Crippen LogP contribution in [-0.2, 0) is 6.54 Å². The van der Waals surface area contributed by atoms with E-state index in [1.54, 1.807) is 23.5 Å². The first-order valence-electron chi connectivity index (χ1n) is 7.67. The molecule has 4 aromatic rings. The predicted octanol–water partition coefficient (Wildman–Crippen LogP) is 4.63. The minimum absolute atomic E-state index is 0.222. The fourth-order valence-electron chi connectivity index (χ4n) is 2.46. The van der Waals surface area contributed by atoms with Gasteiger partial charge in [0.25, 0.3) is 5.91 Å². The monoisotopic (exact) mass is 352 g/mol. The lowest BCUT2D eigenvalue weighted by atomic mass is 10.2. The van der Waals surface area contributed by atoms with Crippen molar-refractivity contribution in [2.75, 3.05) is 0 Å². The second kappa shape index (κ2) is 6.49. The third-order valence-electron chi connectivity index (χ3n) is 3.68. The van der Waals surface area contributed by atoms with Gasteiger partial charge in [0, 0.05) is 5.56 Å². The first-order chi connectivity index (χ1) is 12.2. The second-order valence-corrected chi connectivity index (χ2v) is 6.48. The average Bonchev–Trinajstić information content (AvgIpc) is 3.26. The van der Waals surface area contributed by atoms with Crippen LogP contribution in [0.4, 0.5) is 4.39 Å². The van der Waals surface area contributed by atoms with Crippen molar-refractivity contribution in [2.24, 2.45) is 0 Å². The molecule has 4 nitrogen and oxygen atoms in total. The zero-order chi connectivity index (χ0) is 17.2. The Hall–Kier alpha value is -2.99. The van der Waals surface area contributed by atoms with Crippen molar-refractivity contribution in [1.82, 2.24) is 10.3 Å². The molecule has 0 unspecified atom stereocenters. The van der Waals surface area contributed by atoms with Gasteiger partial charge in [-0.1, -0.05) is 18.2 Å². The highest BCUT2D eigenvalue weighted by Crippen LogP contribution is 2.31. The fourth-order valence-corrected chi connectivity index (χ4v) is 3.39. The summed E-state index contributed by atoms with van der Waals surface area (Å²) in [4.78, 5) is 16.6. The molecule has 2 aromatic carbocycles. The van der Waals surface area contributed by atoms with Gasteiger partial charge in [0.1, 0.15) is 11.6 Å². The number of benzene rings is 2. The lowest BCUT2D eigenvalue weighted by Gasteiger charge is -2.03. The summed E-state index contributed by atoms with van der Waals surface area (Å²) in [6.45, 7) is 0.222. The van der Waals surface area contributed by atoms with Crippen molar-refractivity contribution >= 4 is 27.5 Å². The molecule has 25 heavy (non-hydrogen) atoms. The largest absolute Gasteiger partial charge is 0.457 e. The van der Waals surface area contributed by atoms with Crippen LogP contribution in [-0.4, -0.2) is 10.9 Å². The number of furan rings is 1. The van der Waals surface area contributed by atoms with Crippen LogP contribution in [0, 0.1) is 5.82 Å². The molecule has 4 rings (SSSR count). The van der Waals surface area contributed by atoms with Gasteiger partial charge in [-0.05, 0) is 42.5 Å². The molecular weight excluding hydrogens is 339 g/mol. The van der Waals surface area contributed by atoms with Crippen LogP contribution in [0.15, 0.2) is 65.1 Å². The van der Waals surface area contributed by atoms with Gasteiger partial charge < -0.3 is 9.73 Å². The third-order valence-corrected chi connectivity index (χ3v) is 4.73. The Labute approximate surface area is 146 Å². The molecule has 0 spiro atoms. The molecule has 0 saturated heterocycles. The maximum Gasteiger partial charge on any atom is 0.251 e. The van der Waals surface area contributed by atoms with E-state index in [9.17, 15) is 9.18 Å². The van der Waals surface area contributed by atoms with E-state index < -0.39 is 5.82 Å². The quantitative estimate of drug-likeness (QED) is 0.583. The molecule has 0 aliphatic heterocycles. The summed E-state index contributed by atoms with van der Waals surface area (Å²) in [5, 5.41) is 3.51. The molecule has 0 fully saturated rings. The van der Waals surface area contributed by atoms with Gasteiger partial charge >= 0.3 is 0 Å². The summed E-state index contributed by atoms with van der Waals surface area (Å²) in [6, 6.07) is 17.1. The van der Waals surface area contributed by atoms with Crippen molar-refractivity contribution in [3.63, 3.8) is 0 Å². The van der Waals surface area contributed by atoms with E-state index in [2.05, 4.69) is 10.3 Å². The van der Waals surface area contributed by atoms with Gasteiger partial charge in [0.2, 0.25) is 0 Å². The van der Waals surface area contributed by atoms with Crippen LogP contribution in [0.2, 0.25) is 0 Å². The van der Waals surface area contributed by atoms with E-state index in [0.29, 0.717) is 11.5 Å². The standard InChI is InChI=1S/C19H13FN2O2S/c20-13-5-3-4-12(10-13)18(23)21-11-14-8-9-16(24-14)19-22-15-6-1-2-7-17(15)25-19/h1-10H,11H2,(H,21,23). The van der Waals surface area contributed by atoms with E-state index >= 15 is 0 Å². The predicted molar refractivity (Wildman–Crippen MR) is 94.9 cm³/mol. The zero-order valence-corrected chi connectivity index (χ0v) is 13.8. The normalized spacial score (nSPS) is 10.9. The van der Waals surface area contributed by atoms with Gasteiger partial charge in [-0.25, -0.2) is 9.37 Å². The number of hydrogen-bond acceptors (Lipinski definition) is 4. The Morgan fingerprint density at radius 3 is 2.84 bits per heavy atom. The maximum absolute atomic E-state index is 13.2. The Morgan fingerprint density at radius 1 is 1.12 bits per heavy atom. The van der Waals surface area contributed by atoms with E-state index in [0.717, 1.165) is 15.2 Å². The van der Waals surface area contributed by atoms with E-state index in [4.69, 9.17) is 4.42 Å². The number of aromatic nitrogens is 1. The molecule has 2 heterocycles. The molecule has 2 aromatic heterocycles. The number of para-hydroxylation sites is 1. The molecule has 124 valence electrons. The average molecular weight is 352 g/mol. The van der Waals surface area contributed by atoms with Crippen molar-refractivity contribution < 1.29 is 13.6 Å². The zero-order valence-electron chi connectivity index (χ0n) is 13.0. The molecule has 0 atom stereocenters. The number of nitrogens with one attached hydrogen (secondary N) is 1.